The summed E-state index contributed by atoms with van der Waals surface area (Å²) in [6.45, 7) is 21.6. The summed E-state index contributed by atoms with van der Waals surface area (Å²) < 4.78 is 83.3. The van der Waals surface area contributed by atoms with Gasteiger partial charge in [0.2, 0.25) is 0 Å². The minimum atomic E-state index is -0.630. The van der Waals surface area contributed by atoms with Gasteiger partial charge in [-0.3, -0.25) is 71.9 Å². The fourth-order valence-electron chi connectivity index (χ4n) is 16.4. The van der Waals surface area contributed by atoms with Crippen LogP contribution in [0.4, 0.5) is 0 Å². The Morgan fingerprint density at radius 1 is 0.257 bits per heavy atom. The van der Waals surface area contributed by atoms with Crippen LogP contribution in [0.25, 0.3) is 0 Å². The lowest BCUT2D eigenvalue weighted by molar-refractivity contribution is -0.154. The summed E-state index contributed by atoms with van der Waals surface area (Å²) in [5, 5.41) is 0. The predicted molar refractivity (Wildman–Crippen MR) is 506 cm³/mol. The lowest BCUT2D eigenvalue weighted by Crippen LogP contribution is -2.30. The van der Waals surface area contributed by atoms with Crippen LogP contribution in [0.2, 0.25) is 0 Å². The Bertz CT molecular complexity index is 5030. The number of benzene rings is 6. The largest absolute Gasteiger partial charge is 0.465 e. The molecule has 0 amide bonds. The normalized spacial score (nSPS) is 17.9. The number of carbonyl (C=O) groups is 16. The van der Waals surface area contributed by atoms with Crippen molar-refractivity contribution in [2.45, 2.75) is 235 Å². The molecular weight excluding hydrogens is 1810 g/mol. The molecule has 6 aromatic carbocycles. The molecule has 0 atom stereocenters. The average molecular weight is 1930 g/mol. The van der Waals surface area contributed by atoms with Gasteiger partial charge >= 0.3 is 89.5 Å². The van der Waals surface area contributed by atoms with Crippen molar-refractivity contribution in [3.63, 3.8) is 0 Å². The molecule has 0 bridgehead atoms. The maximum Gasteiger partial charge on any atom is 0.330 e. The molecule has 0 heterocycles. The highest BCUT2D eigenvalue weighted by Gasteiger charge is 2.39. The first-order valence-corrected chi connectivity index (χ1v) is 48.1. The summed E-state index contributed by atoms with van der Waals surface area (Å²) in [6, 6.07) is 33.7. The molecule has 0 spiro atoms. The van der Waals surface area contributed by atoms with Gasteiger partial charge in [0.1, 0.15) is 46.0 Å². The fraction of sp³-hybridized carbons (Fsp3) is 0.486. The van der Waals surface area contributed by atoms with Gasteiger partial charge in [-0.05, 0) is 266 Å². The second-order valence-electron chi connectivity index (χ2n) is 37.8. The molecule has 0 unspecified atom stereocenters. The van der Waals surface area contributed by atoms with E-state index < -0.39 is 148 Å². The second-order valence-corrected chi connectivity index (χ2v) is 37.8. The van der Waals surface area contributed by atoms with Crippen LogP contribution in [0, 0.1) is 85.9 Å². The van der Waals surface area contributed by atoms with Crippen LogP contribution in [-0.2, 0) is 136 Å². The molecular formula is C109H128O31. The van der Waals surface area contributed by atoms with Gasteiger partial charge in [-0.25, -0.2) is 4.79 Å². The van der Waals surface area contributed by atoms with E-state index in [0.29, 0.717) is 210 Å². The number of carbonyl (C=O) groups excluding carboxylic acids is 16. The summed E-state index contributed by atoms with van der Waals surface area (Å²) in [5.41, 5.74) is 4.74. The van der Waals surface area contributed by atoms with Crippen LogP contribution in [0.5, 0.6) is 46.0 Å². The smallest absolute Gasteiger partial charge is 0.330 e. The molecule has 0 radical (unpaired) electrons. The number of hydrogen-bond donors (Lipinski definition) is 0. The highest BCUT2D eigenvalue weighted by Crippen LogP contribution is 2.40. The molecule has 10 rings (SSSR count). The number of ether oxygens (including phenoxy) is 15. The lowest BCUT2D eigenvalue weighted by atomic mass is 9.82. The maximum atomic E-state index is 13.5. The van der Waals surface area contributed by atoms with E-state index in [9.17, 15) is 76.7 Å². The van der Waals surface area contributed by atoms with Gasteiger partial charge in [0, 0.05) is 43.6 Å². The van der Waals surface area contributed by atoms with Crippen LogP contribution >= 0.6 is 0 Å². The summed E-state index contributed by atoms with van der Waals surface area (Å²) >= 11 is 0. The van der Waals surface area contributed by atoms with Crippen molar-refractivity contribution in [2.24, 2.45) is 58.2 Å². The third kappa shape index (κ3) is 35.4. The highest BCUT2D eigenvalue weighted by atomic mass is 16.6. The first-order chi connectivity index (χ1) is 66.9. The van der Waals surface area contributed by atoms with Gasteiger partial charge < -0.3 is 71.1 Å². The van der Waals surface area contributed by atoms with Crippen LogP contribution < -0.4 is 37.9 Å². The van der Waals surface area contributed by atoms with Gasteiger partial charge in [-0.1, -0.05) is 89.4 Å². The molecule has 31 nitrogen and oxygen atoms in total. The first-order valence-electron chi connectivity index (χ1n) is 48.1. The third-order valence-electron chi connectivity index (χ3n) is 25.9. The Hall–Kier alpha value is -13.5. The van der Waals surface area contributed by atoms with Crippen molar-refractivity contribution in [3.8, 4) is 46.0 Å². The minimum Gasteiger partial charge on any atom is -0.465 e. The number of allylic oxidation sites excluding steroid dienone is 1. The van der Waals surface area contributed by atoms with E-state index in [2.05, 4.69) is 13.2 Å². The Kier molecular flexibility index (Phi) is 41.6. The summed E-state index contributed by atoms with van der Waals surface area (Å²) in [6.07, 6.45) is 10.3. The molecule has 4 fully saturated rings. The number of esters is 15. The van der Waals surface area contributed by atoms with Gasteiger partial charge in [-0.2, -0.15) is 0 Å². The summed E-state index contributed by atoms with van der Waals surface area (Å²) in [4.78, 5) is 204. The SMILES string of the molecule is C=CC(=O)CCC(C)(C)COC(=O)CCC(=O)OCCc1ccc(OC(=O)C2CCC(C(=O)Oc3ccc(OC(=O)C4CCC(C(=O)Oc5ccc(CCOC(=O)CCC(=O)OCCc6ccc(OC(=O)C7CCC(C(=O)Oc8ccc(OC(=O)C9CCC(C(=O)Oc%10ccc(CCOC(=O)CCC(=O)OCC(C)(C)COC(=O)C=C)cc%10)CC9)c(C)c8C)CC7)cc6)cc5)CC4)c(C)c3C)CC2)cc1. The van der Waals surface area contributed by atoms with Crippen molar-refractivity contribution in [3.05, 3.63) is 191 Å². The van der Waals surface area contributed by atoms with E-state index in [1.165, 1.54) is 6.08 Å². The number of hydrogen-bond acceptors (Lipinski definition) is 31. The van der Waals surface area contributed by atoms with E-state index in [0.717, 1.165) is 28.3 Å². The first kappa shape index (κ1) is 109. The van der Waals surface area contributed by atoms with Gasteiger partial charge in [0.15, 0.2) is 5.78 Å². The Balaban J connectivity index is 0.520. The zero-order valence-corrected chi connectivity index (χ0v) is 81.1. The molecule has 750 valence electrons. The summed E-state index contributed by atoms with van der Waals surface area (Å²) in [5.74, 6) is -8.18. The van der Waals surface area contributed by atoms with Crippen molar-refractivity contribution < 1.29 is 148 Å². The van der Waals surface area contributed by atoms with E-state index in [-0.39, 0.29) is 90.6 Å². The van der Waals surface area contributed by atoms with Crippen molar-refractivity contribution >= 4 is 95.3 Å². The molecule has 0 aromatic heterocycles. The van der Waals surface area contributed by atoms with Crippen molar-refractivity contribution in [1.82, 2.24) is 0 Å². The van der Waals surface area contributed by atoms with Crippen molar-refractivity contribution in [1.29, 1.82) is 0 Å². The monoisotopic (exact) mass is 1930 g/mol. The van der Waals surface area contributed by atoms with Crippen LogP contribution in [0.15, 0.2) is 147 Å². The van der Waals surface area contributed by atoms with E-state index in [1.807, 2.05) is 13.8 Å². The quantitative estimate of drug-likeness (QED) is 0.0148. The molecule has 4 aliphatic rings. The van der Waals surface area contributed by atoms with Crippen LogP contribution in [0.3, 0.4) is 0 Å². The number of rotatable bonds is 48. The third-order valence-corrected chi connectivity index (χ3v) is 25.9. The highest BCUT2D eigenvalue weighted by molar-refractivity contribution is 5.89. The van der Waals surface area contributed by atoms with Gasteiger partial charge in [-0.15, -0.1) is 0 Å². The minimum absolute atomic E-state index is 0.00929. The molecule has 0 aliphatic heterocycles. The van der Waals surface area contributed by atoms with Gasteiger partial charge in [0.05, 0.1) is 132 Å². The lowest BCUT2D eigenvalue weighted by Gasteiger charge is -2.26. The molecule has 4 aliphatic carbocycles. The average Bonchev–Trinajstić information content (AvgIpc) is 0.820. The maximum absolute atomic E-state index is 13.5. The van der Waals surface area contributed by atoms with Crippen LogP contribution in [0.1, 0.15) is 226 Å². The summed E-state index contributed by atoms with van der Waals surface area (Å²) in [7, 11) is 0. The van der Waals surface area contributed by atoms with E-state index in [1.54, 1.807) is 163 Å². The van der Waals surface area contributed by atoms with E-state index in [4.69, 9.17) is 71.1 Å². The molecule has 0 N–H and O–H groups in total. The Labute approximate surface area is 815 Å². The van der Waals surface area contributed by atoms with Crippen LogP contribution in [-0.4, -0.2) is 142 Å². The Morgan fingerprint density at radius 3 is 0.671 bits per heavy atom. The molecule has 140 heavy (non-hydrogen) atoms. The molecule has 4 saturated carbocycles. The molecule has 0 saturated heterocycles. The zero-order chi connectivity index (χ0) is 101. The molecule has 6 aromatic rings. The van der Waals surface area contributed by atoms with E-state index >= 15 is 0 Å². The van der Waals surface area contributed by atoms with Gasteiger partial charge in [0.25, 0.3) is 0 Å². The topological polar surface area (TPSA) is 412 Å². The fourth-order valence-corrected chi connectivity index (χ4v) is 16.4. The zero-order valence-electron chi connectivity index (χ0n) is 81.1. The molecule has 31 heteroatoms. The standard InChI is InChI=1S/C109H128O31/c1-11-84(110)55-60-108(7,8)65-131-98(116)53-51-96(114)128-63-58-74-17-41-87(42-18-74)135-102(120)78-25-33-82(34-26-78)106(124)139-91-47-45-89(68(3)70(91)5)137-104(122)80-29-21-76(22-30-80)100(118)133-85-37-13-72(14-38-85)56-61-126-94(112)49-50-95(113)127-62-57-73-15-39-86(40-16-73)134-101(119)77-23-31-81(32-24-77)105(123)138-90-46-48-92(71(6)69(90)4)140-107(125)83-35-27-79(28-36-83)103(121)136-88-43-19-75(20-44-88)59-64-129-97(115)52-54-99(117)132-67-109(9,10)66-130-93(111)12-2/h11-20,37-48,76-83H,1-2,21-36,49-67H2,3-10H3. The Morgan fingerprint density at radius 2 is 0.457 bits per heavy atom. The van der Waals surface area contributed by atoms with Crippen molar-refractivity contribution in [2.75, 3.05) is 46.2 Å². The predicted octanol–water partition coefficient (Wildman–Crippen LogP) is 17.0. The second kappa shape index (κ2) is 53.6. The number of ketones is 1.